The van der Waals surface area contributed by atoms with Crippen molar-refractivity contribution in [1.29, 1.82) is 0 Å². The molecule has 1 aromatic heterocycles. The monoisotopic (exact) mass is 354 g/mol. The zero-order valence-electron chi connectivity index (χ0n) is 14.9. The van der Waals surface area contributed by atoms with Crippen molar-refractivity contribution in [2.45, 2.75) is 13.8 Å². The highest BCUT2D eigenvalue weighted by molar-refractivity contribution is 5.89. The second-order valence-corrected chi connectivity index (χ2v) is 6.17. The Balaban J connectivity index is 1.76. The largest absolute Gasteiger partial charge is 0.353 e. The summed E-state index contributed by atoms with van der Waals surface area (Å²) >= 11 is 0. The van der Waals surface area contributed by atoms with Gasteiger partial charge in [-0.1, -0.05) is 6.07 Å². The first-order valence-corrected chi connectivity index (χ1v) is 8.48. The Bertz CT molecular complexity index is 802. The number of aromatic nitrogens is 2. The topological polar surface area (TPSA) is 90.5 Å². The third-order valence-corrected chi connectivity index (χ3v) is 4.07. The van der Waals surface area contributed by atoms with Crippen LogP contribution in [0.5, 0.6) is 0 Å². The summed E-state index contributed by atoms with van der Waals surface area (Å²) in [6.07, 6.45) is 0.887. The number of amides is 2. The molecule has 8 heteroatoms. The fraction of sp³-hybridized carbons (Fsp3) is 0.333. The van der Waals surface area contributed by atoms with Gasteiger partial charge in [-0.15, -0.1) is 0 Å². The summed E-state index contributed by atoms with van der Waals surface area (Å²) in [6.45, 7) is 6.19. The fourth-order valence-corrected chi connectivity index (χ4v) is 2.86. The van der Waals surface area contributed by atoms with Crippen LogP contribution in [0.4, 0.5) is 23.0 Å². The summed E-state index contributed by atoms with van der Waals surface area (Å²) in [5, 5.41) is 6.02. The number of nitrogens with one attached hydrogen (secondary N) is 2. The van der Waals surface area contributed by atoms with E-state index < -0.39 is 0 Å². The maximum atomic E-state index is 11.2. The molecule has 1 aliphatic rings. The predicted molar refractivity (Wildman–Crippen MR) is 101 cm³/mol. The zero-order chi connectivity index (χ0) is 18.5. The molecule has 0 atom stereocenters. The first-order chi connectivity index (χ1) is 12.5. The van der Waals surface area contributed by atoms with Gasteiger partial charge in [0.1, 0.15) is 17.5 Å². The van der Waals surface area contributed by atoms with Gasteiger partial charge in [0.15, 0.2) is 0 Å². The molecule has 3 rings (SSSR count). The Morgan fingerprint density at radius 2 is 1.85 bits per heavy atom. The standard InChI is InChI=1S/C18H22N6O2/c1-13-19-17(22-16-5-3-4-15(10-16)21-14(2)26)11-18(20-13)24-8-6-23(12-25)7-9-24/h3-5,10-12H,6-9H2,1-2H3,(H,21,26)(H,19,20,22). The summed E-state index contributed by atoms with van der Waals surface area (Å²) in [5.74, 6) is 2.08. The van der Waals surface area contributed by atoms with Crippen molar-refractivity contribution in [3.63, 3.8) is 0 Å². The number of benzene rings is 1. The minimum absolute atomic E-state index is 0.114. The van der Waals surface area contributed by atoms with E-state index in [0.717, 1.165) is 36.7 Å². The van der Waals surface area contributed by atoms with Crippen molar-refractivity contribution in [2.75, 3.05) is 41.7 Å². The van der Waals surface area contributed by atoms with E-state index in [4.69, 9.17) is 0 Å². The maximum Gasteiger partial charge on any atom is 0.221 e. The van der Waals surface area contributed by atoms with Crippen LogP contribution < -0.4 is 15.5 Å². The van der Waals surface area contributed by atoms with Crippen molar-refractivity contribution >= 4 is 35.3 Å². The van der Waals surface area contributed by atoms with Gasteiger partial charge in [-0.3, -0.25) is 9.59 Å². The lowest BCUT2D eigenvalue weighted by molar-refractivity contribution is -0.118. The molecule has 26 heavy (non-hydrogen) atoms. The van der Waals surface area contributed by atoms with Gasteiger partial charge >= 0.3 is 0 Å². The molecule has 2 amide bonds. The van der Waals surface area contributed by atoms with Crippen LogP contribution in [-0.2, 0) is 9.59 Å². The molecule has 1 aromatic carbocycles. The highest BCUT2D eigenvalue weighted by Gasteiger charge is 2.17. The van der Waals surface area contributed by atoms with Gasteiger partial charge in [0, 0.05) is 50.5 Å². The van der Waals surface area contributed by atoms with Crippen molar-refractivity contribution in [1.82, 2.24) is 14.9 Å². The van der Waals surface area contributed by atoms with E-state index in [1.807, 2.05) is 37.3 Å². The molecule has 0 spiro atoms. The Morgan fingerprint density at radius 3 is 2.54 bits per heavy atom. The molecule has 0 bridgehead atoms. The van der Waals surface area contributed by atoms with Crippen LogP contribution in [0, 0.1) is 6.92 Å². The van der Waals surface area contributed by atoms with Gasteiger partial charge in [-0.05, 0) is 25.1 Å². The van der Waals surface area contributed by atoms with Gasteiger partial charge in [0.2, 0.25) is 12.3 Å². The Kier molecular flexibility index (Phi) is 5.31. The summed E-state index contributed by atoms with van der Waals surface area (Å²) in [7, 11) is 0. The molecular weight excluding hydrogens is 332 g/mol. The minimum atomic E-state index is -0.114. The third kappa shape index (κ3) is 4.47. The van der Waals surface area contributed by atoms with Gasteiger partial charge < -0.3 is 20.4 Å². The second-order valence-electron chi connectivity index (χ2n) is 6.17. The SMILES string of the molecule is CC(=O)Nc1cccc(Nc2cc(N3CCN(C=O)CC3)nc(C)n2)c1. The average molecular weight is 354 g/mol. The van der Waals surface area contributed by atoms with E-state index in [9.17, 15) is 9.59 Å². The first kappa shape index (κ1) is 17.7. The quantitative estimate of drug-likeness (QED) is 0.795. The molecule has 1 aliphatic heterocycles. The minimum Gasteiger partial charge on any atom is -0.353 e. The molecular formula is C18H22N6O2. The highest BCUT2D eigenvalue weighted by atomic mass is 16.1. The van der Waals surface area contributed by atoms with Crippen LogP contribution in [0.3, 0.4) is 0 Å². The normalized spacial score (nSPS) is 14.1. The van der Waals surface area contributed by atoms with Gasteiger partial charge in [-0.2, -0.15) is 0 Å². The van der Waals surface area contributed by atoms with E-state index in [1.54, 1.807) is 4.90 Å². The van der Waals surface area contributed by atoms with Crippen LogP contribution in [0.15, 0.2) is 30.3 Å². The molecule has 2 N–H and O–H groups in total. The lowest BCUT2D eigenvalue weighted by Crippen LogP contribution is -2.46. The van der Waals surface area contributed by atoms with Crippen molar-refractivity contribution in [3.8, 4) is 0 Å². The Hall–Kier alpha value is -3.16. The predicted octanol–water partition coefficient (Wildman–Crippen LogP) is 1.77. The van der Waals surface area contributed by atoms with Crippen LogP contribution in [-0.4, -0.2) is 53.4 Å². The molecule has 0 saturated carbocycles. The lowest BCUT2D eigenvalue weighted by atomic mass is 10.2. The zero-order valence-corrected chi connectivity index (χ0v) is 14.9. The summed E-state index contributed by atoms with van der Waals surface area (Å²) in [6, 6.07) is 9.35. The number of carbonyl (C=O) groups excluding carboxylic acids is 2. The number of hydrogen-bond donors (Lipinski definition) is 2. The smallest absolute Gasteiger partial charge is 0.221 e. The molecule has 1 fully saturated rings. The van der Waals surface area contributed by atoms with E-state index >= 15 is 0 Å². The summed E-state index contributed by atoms with van der Waals surface area (Å²) in [4.78, 5) is 34.9. The van der Waals surface area contributed by atoms with Crippen molar-refractivity contribution in [2.24, 2.45) is 0 Å². The van der Waals surface area contributed by atoms with Crippen LogP contribution in [0.25, 0.3) is 0 Å². The molecule has 2 heterocycles. The van der Waals surface area contributed by atoms with E-state index in [2.05, 4.69) is 25.5 Å². The molecule has 8 nitrogen and oxygen atoms in total. The van der Waals surface area contributed by atoms with Crippen LogP contribution >= 0.6 is 0 Å². The molecule has 0 radical (unpaired) electrons. The summed E-state index contributed by atoms with van der Waals surface area (Å²) in [5.41, 5.74) is 1.55. The fourth-order valence-electron chi connectivity index (χ4n) is 2.86. The molecule has 0 unspecified atom stereocenters. The van der Waals surface area contributed by atoms with Crippen LogP contribution in [0.2, 0.25) is 0 Å². The molecule has 136 valence electrons. The second kappa shape index (κ2) is 7.81. The molecule has 2 aromatic rings. The summed E-state index contributed by atoms with van der Waals surface area (Å²) < 4.78 is 0. The number of anilines is 4. The van der Waals surface area contributed by atoms with Crippen molar-refractivity contribution in [3.05, 3.63) is 36.2 Å². The number of nitrogens with zero attached hydrogens (tertiary/aromatic N) is 4. The number of carbonyl (C=O) groups is 2. The van der Waals surface area contributed by atoms with Crippen LogP contribution in [0.1, 0.15) is 12.7 Å². The number of piperazine rings is 1. The van der Waals surface area contributed by atoms with Gasteiger partial charge in [0.05, 0.1) is 0 Å². The van der Waals surface area contributed by atoms with E-state index in [-0.39, 0.29) is 5.91 Å². The Labute approximate surface area is 152 Å². The molecule has 0 aliphatic carbocycles. The van der Waals surface area contributed by atoms with Crippen molar-refractivity contribution < 1.29 is 9.59 Å². The van der Waals surface area contributed by atoms with Gasteiger partial charge in [0.25, 0.3) is 0 Å². The van der Waals surface area contributed by atoms with Gasteiger partial charge in [-0.25, -0.2) is 9.97 Å². The average Bonchev–Trinajstić information content (AvgIpc) is 2.61. The lowest BCUT2D eigenvalue weighted by Gasteiger charge is -2.33. The van der Waals surface area contributed by atoms with E-state index in [0.29, 0.717) is 24.7 Å². The maximum absolute atomic E-state index is 11.2. The van der Waals surface area contributed by atoms with E-state index in [1.165, 1.54) is 6.92 Å². The third-order valence-electron chi connectivity index (χ3n) is 4.07. The Morgan fingerprint density at radius 1 is 1.12 bits per heavy atom. The highest BCUT2D eigenvalue weighted by Crippen LogP contribution is 2.22. The first-order valence-electron chi connectivity index (χ1n) is 8.48. The number of hydrogen-bond acceptors (Lipinski definition) is 6. The molecule has 1 saturated heterocycles. The number of aryl methyl sites for hydroxylation is 1. The number of rotatable bonds is 5.